The van der Waals surface area contributed by atoms with Crippen LogP contribution in [0.5, 0.6) is 0 Å². The number of carbonyl (C=O) groups excluding carboxylic acids is 1. The van der Waals surface area contributed by atoms with Crippen LogP contribution in [0.1, 0.15) is 86.7 Å². The lowest BCUT2D eigenvalue weighted by molar-refractivity contribution is -0.384. The molecule has 0 spiro atoms. The number of anilines is 2. The fraction of sp³-hybridized carbons (Fsp3) is 0.475. The lowest BCUT2D eigenvalue weighted by atomic mass is 9.72. The highest BCUT2D eigenvalue weighted by Gasteiger charge is 2.30. The van der Waals surface area contributed by atoms with Crippen molar-refractivity contribution in [2.45, 2.75) is 77.0 Å². The van der Waals surface area contributed by atoms with Gasteiger partial charge in [0.05, 0.1) is 20.4 Å². The Morgan fingerprint density at radius 3 is 2.33 bits per heavy atom. The molecule has 6 rings (SSSR count). The third-order valence-electron chi connectivity index (χ3n) is 11.0. The van der Waals surface area contributed by atoms with Gasteiger partial charge in [0.2, 0.25) is 0 Å². The molecule has 1 saturated carbocycles. The van der Waals surface area contributed by atoms with Gasteiger partial charge in [-0.2, -0.15) is 0 Å². The molecule has 3 aromatic carbocycles. The number of piperazine rings is 1. The van der Waals surface area contributed by atoms with Crippen molar-refractivity contribution in [3.05, 3.63) is 97.0 Å². The number of hydrogen-bond donors (Lipinski definition) is 2. The zero-order chi connectivity index (χ0) is 37.0. The van der Waals surface area contributed by atoms with E-state index in [4.69, 9.17) is 23.2 Å². The van der Waals surface area contributed by atoms with Gasteiger partial charge in [-0.15, -0.1) is 0 Å². The molecule has 1 amide bonds. The Bertz CT molecular complexity index is 1830. The van der Waals surface area contributed by atoms with Crippen molar-refractivity contribution in [2.24, 2.45) is 11.3 Å². The molecule has 1 saturated heterocycles. The predicted molar refractivity (Wildman–Crippen MR) is 213 cm³/mol. The van der Waals surface area contributed by atoms with Crippen molar-refractivity contribution in [3.8, 4) is 0 Å². The number of allylic oxidation sites excluding steroid dienone is 1. The SMILES string of the molecule is Cc1c(Cl)c(C(=O)NS(=O)c2ccc(N3CCN(CC4=C(c5ccc(Cl)cc5)CC(C)(C)CC4)CC3)cc2)cc([N+](=O)[O-])c1NCC1CCCCC1. The topological polar surface area (TPSA) is 108 Å². The van der Waals surface area contributed by atoms with Gasteiger partial charge in [-0.05, 0) is 103 Å². The maximum Gasteiger partial charge on any atom is 0.293 e. The zero-order valence-electron chi connectivity index (χ0n) is 30.3. The lowest BCUT2D eigenvalue weighted by Gasteiger charge is -2.39. The standard InChI is InChI=1S/C40H49Cl2N5O4S/c1-27-37(42)34(23-36(47(49)50)38(27)43-25-28-7-5-4-6-8-28)39(48)44-52(51)33-15-13-32(14-16-33)46-21-19-45(20-22-46)26-30-17-18-40(2,3)24-35(30)29-9-11-31(41)12-10-29/h9-16,23,28,43H,4-8,17-22,24-26H2,1-3H3,(H,44,48). The van der Waals surface area contributed by atoms with Crippen molar-refractivity contribution in [3.63, 3.8) is 0 Å². The Morgan fingerprint density at radius 2 is 1.67 bits per heavy atom. The molecule has 3 aliphatic rings. The molecule has 0 bridgehead atoms. The van der Waals surface area contributed by atoms with E-state index in [1.807, 2.05) is 24.3 Å². The molecular formula is C40H49Cl2N5O4S. The van der Waals surface area contributed by atoms with Crippen molar-refractivity contribution in [1.29, 1.82) is 0 Å². The monoisotopic (exact) mass is 765 g/mol. The number of amides is 1. The highest BCUT2D eigenvalue weighted by Crippen LogP contribution is 2.43. The number of nitrogens with one attached hydrogen (secondary N) is 2. The van der Waals surface area contributed by atoms with Gasteiger partial charge >= 0.3 is 0 Å². The second kappa shape index (κ2) is 16.7. The molecule has 1 atom stereocenters. The molecule has 12 heteroatoms. The maximum absolute atomic E-state index is 13.3. The number of halogens is 2. The van der Waals surface area contributed by atoms with Gasteiger partial charge in [-0.3, -0.25) is 24.5 Å². The number of hydrogen-bond acceptors (Lipinski definition) is 7. The first-order valence-electron chi connectivity index (χ1n) is 18.4. The average molecular weight is 767 g/mol. The Kier molecular flexibility index (Phi) is 12.3. The molecule has 0 aromatic heterocycles. The van der Waals surface area contributed by atoms with E-state index in [9.17, 15) is 19.1 Å². The number of nitro groups is 1. The van der Waals surface area contributed by atoms with E-state index in [1.54, 1.807) is 19.1 Å². The van der Waals surface area contributed by atoms with Crippen molar-refractivity contribution < 1.29 is 13.9 Å². The van der Waals surface area contributed by atoms with E-state index >= 15 is 0 Å². The average Bonchev–Trinajstić information content (AvgIpc) is 3.13. The molecule has 2 fully saturated rings. The minimum Gasteiger partial charge on any atom is -0.379 e. The van der Waals surface area contributed by atoms with E-state index < -0.39 is 21.8 Å². The van der Waals surface area contributed by atoms with Gasteiger partial charge in [0.1, 0.15) is 5.69 Å². The summed E-state index contributed by atoms with van der Waals surface area (Å²) in [5.41, 5.74) is 6.01. The molecule has 278 valence electrons. The van der Waals surface area contributed by atoms with Gasteiger partial charge in [-0.25, -0.2) is 4.21 Å². The van der Waals surface area contributed by atoms with E-state index in [0.29, 0.717) is 28.6 Å². The van der Waals surface area contributed by atoms with Gasteiger partial charge in [0.25, 0.3) is 11.6 Å². The van der Waals surface area contributed by atoms with Crippen LogP contribution in [-0.4, -0.2) is 59.2 Å². The summed E-state index contributed by atoms with van der Waals surface area (Å²) in [7, 11) is -1.89. The van der Waals surface area contributed by atoms with Crippen LogP contribution in [0.2, 0.25) is 10.0 Å². The van der Waals surface area contributed by atoms with Crippen LogP contribution in [0.3, 0.4) is 0 Å². The number of rotatable bonds is 11. The second-order valence-electron chi connectivity index (χ2n) is 15.3. The Hall–Kier alpha value is -3.44. The van der Waals surface area contributed by atoms with Gasteiger partial charge < -0.3 is 10.2 Å². The first kappa shape index (κ1) is 38.3. The summed E-state index contributed by atoms with van der Waals surface area (Å²) in [5.74, 6) is -0.288. The normalized spacial score (nSPS) is 19.0. The van der Waals surface area contributed by atoms with Crippen molar-refractivity contribution in [1.82, 2.24) is 9.62 Å². The van der Waals surface area contributed by atoms with Crippen LogP contribution < -0.4 is 14.9 Å². The molecule has 52 heavy (non-hydrogen) atoms. The maximum atomic E-state index is 13.3. The number of nitrogens with zero attached hydrogens (tertiary/aromatic N) is 3. The smallest absolute Gasteiger partial charge is 0.293 e. The number of benzene rings is 3. The van der Waals surface area contributed by atoms with Gasteiger partial charge in [0, 0.05) is 56.0 Å². The summed E-state index contributed by atoms with van der Waals surface area (Å²) < 4.78 is 15.7. The van der Waals surface area contributed by atoms with E-state index in [-0.39, 0.29) is 21.7 Å². The van der Waals surface area contributed by atoms with E-state index in [2.05, 4.69) is 45.8 Å². The van der Waals surface area contributed by atoms with E-state index in [0.717, 1.165) is 82.0 Å². The summed E-state index contributed by atoms with van der Waals surface area (Å²) in [6, 6.07) is 16.8. The quantitative estimate of drug-likeness (QED) is 0.148. The second-order valence-corrected chi connectivity index (χ2v) is 17.3. The zero-order valence-corrected chi connectivity index (χ0v) is 32.6. The largest absolute Gasteiger partial charge is 0.379 e. The Morgan fingerprint density at radius 1 is 1.00 bits per heavy atom. The fourth-order valence-corrected chi connectivity index (χ4v) is 8.96. The summed E-state index contributed by atoms with van der Waals surface area (Å²) in [4.78, 5) is 30.1. The molecule has 3 aromatic rings. The van der Waals surface area contributed by atoms with Crippen molar-refractivity contribution >= 4 is 62.7 Å². The minimum absolute atomic E-state index is 0.0788. The third-order valence-corrected chi connectivity index (χ3v) is 12.8. The fourth-order valence-electron chi connectivity index (χ4n) is 7.82. The number of nitro benzene ring substituents is 1. The molecule has 1 unspecified atom stereocenters. The molecule has 9 nitrogen and oxygen atoms in total. The molecular weight excluding hydrogens is 717 g/mol. The van der Waals surface area contributed by atoms with Gasteiger partial charge in [0.15, 0.2) is 11.0 Å². The van der Waals surface area contributed by atoms with Gasteiger partial charge in [-0.1, -0.05) is 74.0 Å². The third kappa shape index (κ3) is 9.19. The molecule has 1 aliphatic heterocycles. The summed E-state index contributed by atoms with van der Waals surface area (Å²) in [6.45, 7) is 11.6. The van der Waals surface area contributed by atoms with E-state index in [1.165, 1.54) is 35.6 Å². The molecule has 0 radical (unpaired) electrons. The first-order chi connectivity index (χ1) is 24.9. The van der Waals surface area contributed by atoms with Crippen molar-refractivity contribution in [2.75, 3.05) is 49.5 Å². The van der Waals surface area contributed by atoms with Crippen LogP contribution in [0, 0.1) is 28.4 Å². The summed E-state index contributed by atoms with van der Waals surface area (Å²) >= 11 is 12.8. The molecule has 1 heterocycles. The minimum atomic E-state index is -1.89. The number of carbonyl (C=O) groups is 1. The van der Waals surface area contributed by atoms with Crippen LogP contribution >= 0.6 is 23.2 Å². The Balaban J connectivity index is 1.06. The lowest BCUT2D eigenvalue weighted by Crippen LogP contribution is -2.47. The molecule has 2 N–H and O–H groups in total. The highest BCUT2D eigenvalue weighted by molar-refractivity contribution is 7.83. The van der Waals surface area contributed by atoms with Crippen LogP contribution in [0.25, 0.3) is 5.57 Å². The van der Waals surface area contributed by atoms with Crippen LogP contribution in [-0.2, 0) is 11.0 Å². The van der Waals surface area contributed by atoms with Crippen LogP contribution in [0.15, 0.2) is 65.1 Å². The molecule has 2 aliphatic carbocycles. The summed E-state index contributed by atoms with van der Waals surface area (Å²) in [6.07, 6.45) is 9.07. The highest BCUT2D eigenvalue weighted by atomic mass is 35.5. The van der Waals surface area contributed by atoms with Crippen LogP contribution in [0.4, 0.5) is 17.1 Å². The Labute approximate surface area is 319 Å². The predicted octanol–water partition coefficient (Wildman–Crippen LogP) is 9.44. The first-order valence-corrected chi connectivity index (χ1v) is 20.3. The summed E-state index contributed by atoms with van der Waals surface area (Å²) in [5, 5.41) is 16.1.